The second-order valence-electron chi connectivity index (χ2n) is 2.71. The van der Waals surface area contributed by atoms with Crippen molar-refractivity contribution >= 4 is 5.97 Å². The van der Waals surface area contributed by atoms with E-state index in [4.69, 9.17) is 9.84 Å². The van der Waals surface area contributed by atoms with Gasteiger partial charge in [-0.15, -0.1) is 0 Å². The lowest BCUT2D eigenvalue weighted by molar-refractivity contribution is 0.0688. The Labute approximate surface area is 89.6 Å². The van der Waals surface area contributed by atoms with Crippen molar-refractivity contribution in [2.24, 2.45) is 0 Å². The monoisotopic (exact) mass is 233 g/mol. The van der Waals surface area contributed by atoms with Crippen molar-refractivity contribution in [1.82, 2.24) is 4.98 Å². The van der Waals surface area contributed by atoms with Crippen molar-refractivity contribution in [2.75, 3.05) is 13.7 Å². The Morgan fingerprint density at radius 1 is 1.56 bits per heavy atom. The number of hydrogen-bond acceptors (Lipinski definition) is 4. The Bertz CT molecular complexity index is 384. The molecule has 0 atom stereocenters. The van der Waals surface area contributed by atoms with Crippen LogP contribution < -0.4 is 9.47 Å². The third-order valence-electron chi connectivity index (χ3n) is 1.62. The van der Waals surface area contributed by atoms with Gasteiger partial charge in [0, 0.05) is 6.07 Å². The molecule has 88 valence electrons. The fourth-order valence-electron chi connectivity index (χ4n) is 0.971. The van der Waals surface area contributed by atoms with Crippen LogP contribution in [0.4, 0.5) is 8.78 Å². The summed E-state index contributed by atoms with van der Waals surface area (Å²) in [6.45, 7) is -0.803. The first kappa shape index (κ1) is 12.2. The minimum absolute atomic E-state index is 0.109. The van der Waals surface area contributed by atoms with Gasteiger partial charge in [0.2, 0.25) is 11.8 Å². The highest BCUT2D eigenvalue weighted by Gasteiger charge is 2.14. The SMILES string of the molecule is COc1nc(OCC(F)F)ccc1C(=O)O. The van der Waals surface area contributed by atoms with E-state index in [1.165, 1.54) is 19.2 Å². The standard InChI is InChI=1S/C9H9F2NO4/c1-15-8-5(9(13)14)2-3-7(12-8)16-4-6(10)11/h2-3,6H,4H2,1H3,(H,13,14). The summed E-state index contributed by atoms with van der Waals surface area (Å²) < 4.78 is 33.0. The number of carboxylic acids is 1. The molecule has 0 aromatic carbocycles. The number of methoxy groups -OCH3 is 1. The summed E-state index contributed by atoms with van der Waals surface area (Å²) in [6, 6.07) is 2.36. The summed E-state index contributed by atoms with van der Waals surface area (Å²) in [5, 5.41) is 8.72. The van der Waals surface area contributed by atoms with Crippen LogP contribution >= 0.6 is 0 Å². The Morgan fingerprint density at radius 3 is 2.75 bits per heavy atom. The van der Waals surface area contributed by atoms with E-state index in [9.17, 15) is 13.6 Å². The summed E-state index contributed by atoms with van der Waals surface area (Å²) in [7, 11) is 1.23. The van der Waals surface area contributed by atoms with E-state index in [0.717, 1.165) is 0 Å². The lowest BCUT2D eigenvalue weighted by Gasteiger charge is -2.07. The van der Waals surface area contributed by atoms with Crippen LogP contribution in [0.25, 0.3) is 0 Å². The molecular formula is C9H9F2NO4. The molecule has 0 amide bonds. The van der Waals surface area contributed by atoms with Gasteiger partial charge in [-0.3, -0.25) is 0 Å². The average molecular weight is 233 g/mol. The molecular weight excluding hydrogens is 224 g/mol. The van der Waals surface area contributed by atoms with Gasteiger partial charge < -0.3 is 14.6 Å². The van der Waals surface area contributed by atoms with Crippen molar-refractivity contribution < 1.29 is 28.2 Å². The van der Waals surface area contributed by atoms with Crippen LogP contribution in [0.15, 0.2) is 12.1 Å². The van der Waals surface area contributed by atoms with Crippen molar-refractivity contribution in [1.29, 1.82) is 0 Å². The molecule has 16 heavy (non-hydrogen) atoms. The molecule has 0 bridgehead atoms. The molecule has 0 aliphatic rings. The van der Waals surface area contributed by atoms with Gasteiger partial charge >= 0.3 is 5.97 Å². The number of aromatic carboxylic acids is 1. The Kier molecular flexibility index (Phi) is 3.98. The van der Waals surface area contributed by atoms with Gasteiger partial charge in [0.05, 0.1) is 7.11 Å². The van der Waals surface area contributed by atoms with Crippen LogP contribution in [-0.4, -0.2) is 36.2 Å². The molecule has 7 heteroatoms. The van der Waals surface area contributed by atoms with Gasteiger partial charge in [-0.25, -0.2) is 13.6 Å². The lowest BCUT2D eigenvalue weighted by Crippen LogP contribution is -2.09. The van der Waals surface area contributed by atoms with E-state index in [1.54, 1.807) is 0 Å². The van der Waals surface area contributed by atoms with Crippen LogP contribution in [0.1, 0.15) is 10.4 Å². The third kappa shape index (κ3) is 3.04. The first-order chi connectivity index (χ1) is 7.54. The quantitative estimate of drug-likeness (QED) is 0.833. The number of halogens is 2. The Hall–Kier alpha value is -1.92. The van der Waals surface area contributed by atoms with Crippen LogP contribution in [0.3, 0.4) is 0 Å². The number of alkyl halides is 2. The highest BCUT2D eigenvalue weighted by Crippen LogP contribution is 2.19. The fourth-order valence-corrected chi connectivity index (χ4v) is 0.971. The zero-order valence-electron chi connectivity index (χ0n) is 8.31. The first-order valence-corrected chi connectivity index (χ1v) is 4.24. The van der Waals surface area contributed by atoms with Gasteiger partial charge in [-0.1, -0.05) is 0 Å². The number of hydrogen-bond donors (Lipinski definition) is 1. The summed E-state index contributed by atoms with van der Waals surface area (Å²) in [5.74, 6) is -1.51. The molecule has 0 fully saturated rings. The van der Waals surface area contributed by atoms with E-state index < -0.39 is 19.0 Å². The molecule has 1 N–H and O–H groups in total. The minimum atomic E-state index is -2.62. The number of pyridine rings is 1. The van der Waals surface area contributed by atoms with Crippen LogP contribution in [0.2, 0.25) is 0 Å². The Balaban J connectivity index is 2.86. The topological polar surface area (TPSA) is 68.7 Å². The molecule has 1 aromatic rings. The number of ether oxygens (including phenoxy) is 2. The minimum Gasteiger partial charge on any atom is -0.480 e. The second kappa shape index (κ2) is 5.24. The van der Waals surface area contributed by atoms with Crippen molar-refractivity contribution in [3.8, 4) is 11.8 Å². The van der Waals surface area contributed by atoms with Crippen molar-refractivity contribution in [3.05, 3.63) is 17.7 Å². The summed E-state index contributed by atoms with van der Waals surface area (Å²) in [6.07, 6.45) is -2.62. The third-order valence-corrected chi connectivity index (χ3v) is 1.62. The molecule has 5 nitrogen and oxygen atoms in total. The molecule has 0 radical (unpaired) electrons. The summed E-state index contributed by atoms with van der Waals surface area (Å²) in [5.41, 5.74) is -0.160. The van der Waals surface area contributed by atoms with E-state index >= 15 is 0 Å². The lowest BCUT2D eigenvalue weighted by atomic mass is 10.3. The second-order valence-corrected chi connectivity index (χ2v) is 2.71. The largest absolute Gasteiger partial charge is 0.480 e. The van der Waals surface area contributed by atoms with E-state index in [1.807, 2.05) is 0 Å². The number of aromatic nitrogens is 1. The van der Waals surface area contributed by atoms with Crippen molar-refractivity contribution in [2.45, 2.75) is 6.43 Å². The summed E-state index contributed by atoms with van der Waals surface area (Å²) >= 11 is 0. The number of carboxylic acid groups (broad SMARTS) is 1. The fraction of sp³-hybridized carbons (Fsp3) is 0.333. The maximum Gasteiger partial charge on any atom is 0.341 e. The molecule has 1 aromatic heterocycles. The van der Waals surface area contributed by atoms with Gasteiger partial charge in [0.1, 0.15) is 5.56 Å². The highest BCUT2D eigenvalue weighted by atomic mass is 19.3. The van der Waals surface area contributed by atoms with Crippen molar-refractivity contribution in [3.63, 3.8) is 0 Å². The molecule has 0 aliphatic heterocycles. The van der Waals surface area contributed by atoms with E-state index in [0.29, 0.717) is 0 Å². The van der Waals surface area contributed by atoms with Gasteiger partial charge in [-0.2, -0.15) is 4.98 Å². The van der Waals surface area contributed by atoms with E-state index in [2.05, 4.69) is 9.72 Å². The molecule has 0 aliphatic carbocycles. The highest BCUT2D eigenvalue weighted by molar-refractivity contribution is 5.90. The molecule has 1 heterocycles. The van der Waals surface area contributed by atoms with Gasteiger partial charge in [0.15, 0.2) is 6.61 Å². The Morgan fingerprint density at radius 2 is 2.25 bits per heavy atom. The smallest absolute Gasteiger partial charge is 0.341 e. The molecule has 0 saturated heterocycles. The summed E-state index contributed by atoms with van der Waals surface area (Å²) in [4.78, 5) is 14.3. The van der Waals surface area contributed by atoms with E-state index in [-0.39, 0.29) is 17.3 Å². The zero-order valence-corrected chi connectivity index (χ0v) is 8.31. The maximum absolute atomic E-state index is 11.8. The predicted molar refractivity (Wildman–Crippen MR) is 49.2 cm³/mol. The van der Waals surface area contributed by atoms with Crippen LogP contribution in [0, 0.1) is 0 Å². The maximum atomic E-state index is 11.8. The average Bonchev–Trinajstić information content (AvgIpc) is 2.25. The number of carbonyl (C=O) groups is 1. The van der Waals surface area contributed by atoms with Crippen LogP contribution in [0.5, 0.6) is 11.8 Å². The number of nitrogens with zero attached hydrogens (tertiary/aromatic N) is 1. The zero-order chi connectivity index (χ0) is 12.1. The van der Waals surface area contributed by atoms with Gasteiger partial charge in [0.25, 0.3) is 6.43 Å². The molecule has 0 unspecified atom stereocenters. The normalized spacial score (nSPS) is 10.2. The number of rotatable bonds is 5. The first-order valence-electron chi connectivity index (χ1n) is 4.24. The predicted octanol–water partition coefficient (Wildman–Crippen LogP) is 1.43. The van der Waals surface area contributed by atoms with Crippen LogP contribution in [-0.2, 0) is 0 Å². The molecule has 1 rings (SSSR count). The molecule has 0 spiro atoms. The molecule has 0 saturated carbocycles. The van der Waals surface area contributed by atoms with Gasteiger partial charge in [-0.05, 0) is 6.07 Å².